The van der Waals surface area contributed by atoms with Gasteiger partial charge in [0.2, 0.25) is 0 Å². The van der Waals surface area contributed by atoms with Crippen LogP contribution in [-0.2, 0) is 5.41 Å². The summed E-state index contributed by atoms with van der Waals surface area (Å²) < 4.78 is 0. The summed E-state index contributed by atoms with van der Waals surface area (Å²) >= 11 is 1.44. The first-order chi connectivity index (χ1) is 14.1. The molecule has 2 N–H and O–H groups in total. The van der Waals surface area contributed by atoms with Gasteiger partial charge in [0.25, 0.3) is 11.8 Å². The van der Waals surface area contributed by atoms with Crippen molar-refractivity contribution in [3.05, 3.63) is 81.3 Å². The van der Waals surface area contributed by atoms with E-state index in [9.17, 15) is 9.59 Å². The number of hydrogen-bond acceptors (Lipinski definition) is 4. The summed E-state index contributed by atoms with van der Waals surface area (Å²) in [7, 11) is 0. The van der Waals surface area contributed by atoms with Crippen LogP contribution in [-0.4, -0.2) is 16.8 Å². The summed E-state index contributed by atoms with van der Waals surface area (Å²) in [4.78, 5) is 30.4. The van der Waals surface area contributed by atoms with Crippen molar-refractivity contribution >= 4 is 28.8 Å². The highest BCUT2D eigenvalue weighted by molar-refractivity contribution is 7.14. The molecule has 1 aromatic heterocycles. The summed E-state index contributed by atoms with van der Waals surface area (Å²) in [5.41, 5.74) is 2.85. The Balaban J connectivity index is 1.71. The van der Waals surface area contributed by atoms with Crippen LogP contribution in [0.25, 0.3) is 0 Å². The van der Waals surface area contributed by atoms with Gasteiger partial charge in [-0.25, -0.2) is 4.98 Å². The summed E-state index contributed by atoms with van der Waals surface area (Å²) in [6.45, 7) is 10.1. The molecule has 6 heteroatoms. The molecule has 30 heavy (non-hydrogen) atoms. The van der Waals surface area contributed by atoms with Gasteiger partial charge in [0, 0.05) is 16.7 Å². The summed E-state index contributed by atoms with van der Waals surface area (Å²) in [5, 5.41) is 6.90. The van der Waals surface area contributed by atoms with Crippen molar-refractivity contribution in [1.29, 1.82) is 0 Å². The first kappa shape index (κ1) is 21.7. The second-order valence-corrected chi connectivity index (χ2v) is 9.32. The maximum atomic E-state index is 12.8. The van der Waals surface area contributed by atoms with Gasteiger partial charge in [-0.15, -0.1) is 11.3 Å². The molecule has 0 fully saturated rings. The summed E-state index contributed by atoms with van der Waals surface area (Å²) in [6.07, 6.45) is 0. The van der Waals surface area contributed by atoms with Crippen LogP contribution in [0.4, 0.5) is 5.69 Å². The summed E-state index contributed by atoms with van der Waals surface area (Å²) in [5.74, 6) is -0.300. The molecule has 0 spiro atoms. The van der Waals surface area contributed by atoms with E-state index in [1.807, 2.05) is 56.3 Å². The number of benzene rings is 2. The third kappa shape index (κ3) is 5.13. The Bertz CT molecular complexity index is 1050. The normalized spacial score (nSPS) is 12.3. The van der Waals surface area contributed by atoms with E-state index >= 15 is 0 Å². The largest absolute Gasteiger partial charge is 0.345 e. The molecule has 0 saturated carbocycles. The lowest BCUT2D eigenvalue weighted by Gasteiger charge is -2.16. The zero-order valence-electron chi connectivity index (χ0n) is 17.9. The maximum Gasteiger partial charge on any atom is 0.263 e. The van der Waals surface area contributed by atoms with Crippen LogP contribution < -0.4 is 10.6 Å². The Morgan fingerprint density at radius 3 is 2.33 bits per heavy atom. The monoisotopic (exact) mass is 421 g/mol. The lowest BCUT2D eigenvalue weighted by molar-refractivity contribution is 0.0942. The number of aromatic nitrogens is 1. The third-order valence-electron chi connectivity index (χ3n) is 4.67. The molecule has 0 aliphatic heterocycles. The average Bonchev–Trinajstić information content (AvgIpc) is 3.11. The average molecular weight is 422 g/mol. The second kappa shape index (κ2) is 8.79. The lowest BCUT2D eigenvalue weighted by atomic mass is 9.98. The highest BCUT2D eigenvalue weighted by Crippen LogP contribution is 2.29. The van der Waals surface area contributed by atoms with Crippen LogP contribution in [0.2, 0.25) is 0 Å². The van der Waals surface area contributed by atoms with E-state index in [0.717, 1.165) is 16.3 Å². The van der Waals surface area contributed by atoms with Crippen LogP contribution in [0.5, 0.6) is 0 Å². The third-order valence-corrected chi connectivity index (χ3v) is 6.25. The van der Waals surface area contributed by atoms with E-state index in [0.29, 0.717) is 16.1 Å². The van der Waals surface area contributed by atoms with Gasteiger partial charge in [-0.1, -0.05) is 51.1 Å². The number of amides is 2. The van der Waals surface area contributed by atoms with Gasteiger partial charge in [0.1, 0.15) is 4.88 Å². The maximum absolute atomic E-state index is 12.8. The molecule has 156 valence electrons. The number of nitrogens with one attached hydrogen (secondary N) is 2. The van der Waals surface area contributed by atoms with Gasteiger partial charge >= 0.3 is 0 Å². The van der Waals surface area contributed by atoms with Gasteiger partial charge in [-0.2, -0.15) is 0 Å². The Hall–Kier alpha value is -2.99. The molecule has 0 saturated heterocycles. The van der Waals surface area contributed by atoms with Crippen LogP contribution in [0.15, 0.2) is 54.6 Å². The van der Waals surface area contributed by atoms with E-state index in [2.05, 4.69) is 36.4 Å². The molecule has 2 amide bonds. The Morgan fingerprint density at radius 1 is 1.00 bits per heavy atom. The zero-order chi connectivity index (χ0) is 21.9. The van der Waals surface area contributed by atoms with Crippen LogP contribution in [0.3, 0.4) is 0 Å². The Morgan fingerprint density at radius 2 is 1.70 bits per heavy atom. The predicted molar refractivity (Wildman–Crippen MR) is 122 cm³/mol. The van der Waals surface area contributed by atoms with Gasteiger partial charge in [-0.05, 0) is 43.7 Å². The van der Waals surface area contributed by atoms with E-state index in [1.165, 1.54) is 11.3 Å². The Kier molecular flexibility index (Phi) is 6.37. The number of hydrogen-bond donors (Lipinski definition) is 2. The molecule has 5 nitrogen and oxygen atoms in total. The molecule has 0 radical (unpaired) electrons. The first-order valence-electron chi connectivity index (χ1n) is 9.90. The molecule has 2 aromatic carbocycles. The minimum absolute atomic E-state index is 0.0924. The van der Waals surface area contributed by atoms with Crippen molar-refractivity contribution < 1.29 is 9.59 Å². The van der Waals surface area contributed by atoms with Crippen LogP contribution in [0.1, 0.15) is 70.0 Å². The topological polar surface area (TPSA) is 71.1 Å². The molecule has 1 unspecified atom stereocenters. The highest BCUT2D eigenvalue weighted by atomic mass is 32.1. The number of nitrogens with zero attached hydrogens (tertiary/aromatic N) is 1. The van der Waals surface area contributed by atoms with Crippen molar-refractivity contribution in [3.63, 3.8) is 0 Å². The minimum atomic E-state index is -0.217. The highest BCUT2D eigenvalue weighted by Gasteiger charge is 2.24. The fourth-order valence-corrected chi connectivity index (χ4v) is 3.98. The molecule has 1 heterocycles. The molecule has 0 aliphatic carbocycles. The van der Waals surface area contributed by atoms with Crippen LogP contribution >= 0.6 is 11.3 Å². The van der Waals surface area contributed by atoms with Crippen molar-refractivity contribution in [2.75, 3.05) is 5.32 Å². The number of carbonyl (C=O) groups excluding carboxylic acids is 2. The molecule has 0 aliphatic rings. The van der Waals surface area contributed by atoms with Crippen molar-refractivity contribution in [2.24, 2.45) is 0 Å². The number of carbonyl (C=O) groups is 2. The Labute approximate surface area is 181 Å². The van der Waals surface area contributed by atoms with Crippen molar-refractivity contribution in [2.45, 2.75) is 46.1 Å². The molecule has 0 bridgehead atoms. The van der Waals surface area contributed by atoms with Gasteiger partial charge < -0.3 is 10.6 Å². The molecule has 3 rings (SSSR count). The quantitative estimate of drug-likeness (QED) is 0.572. The van der Waals surface area contributed by atoms with E-state index < -0.39 is 0 Å². The van der Waals surface area contributed by atoms with E-state index in [1.54, 1.807) is 12.1 Å². The zero-order valence-corrected chi connectivity index (χ0v) is 18.8. The molecule has 3 aromatic rings. The minimum Gasteiger partial charge on any atom is -0.345 e. The van der Waals surface area contributed by atoms with Gasteiger partial charge in [0.15, 0.2) is 0 Å². The van der Waals surface area contributed by atoms with Crippen molar-refractivity contribution in [1.82, 2.24) is 10.3 Å². The fraction of sp³-hybridized carbons (Fsp3) is 0.292. The molecule has 1 atom stereocenters. The fourth-order valence-electron chi connectivity index (χ4n) is 2.95. The number of rotatable bonds is 5. The number of anilines is 1. The van der Waals surface area contributed by atoms with E-state index in [4.69, 9.17) is 0 Å². The first-order valence-corrected chi connectivity index (χ1v) is 10.7. The van der Waals surface area contributed by atoms with Crippen molar-refractivity contribution in [3.8, 4) is 0 Å². The van der Waals surface area contributed by atoms with Gasteiger partial charge in [-0.3, -0.25) is 9.59 Å². The standard InChI is InChI=1S/C24H27N3O2S/c1-15(25-22(29)20-16(2)26-23(30-20)24(3,4)5)18-12-9-13-19(14-18)27-21(28)17-10-7-6-8-11-17/h6-15H,1-5H3,(H,25,29)(H,27,28). The predicted octanol–water partition coefficient (Wildman–Crippen LogP) is 5.49. The lowest BCUT2D eigenvalue weighted by Crippen LogP contribution is -2.26. The van der Waals surface area contributed by atoms with Gasteiger partial charge in [0.05, 0.1) is 16.7 Å². The summed E-state index contributed by atoms with van der Waals surface area (Å²) in [6, 6.07) is 16.4. The SMILES string of the molecule is Cc1nc(C(C)(C)C)sc1C(=O)NC(C)c1cccc(NC(=O)c2ccccc2)c1. The smallest absolute Gasteiger partial charge is 0.263 e. The van der Waals surface area contributed by atoms with E-state index in [-0.39, 0.29) is 23.3 Å². The second-order valence-electron chi connectivity index (χ2n) is 8.32. The number of thiazole rings is 1. The van der Waals surface area contributed by atoms with Crippen LogP contribution in [0, 0.1) is 6.92 Å². The number of aryl methyl sites for hydroxylation is 1. The molecular formula is C24H27N3O2S. The molecular weight excluding hydrogens is 394 g/mol.